The number of para-hydroxylation sites is 2. The summed E-state index contributed by atoms with van der Waals surface area (Å²) in [5, 5.41) is 1.32. The molecule has 6 nitrogen and oxygen atoms in total. The number of halogens is 1. The number of furan rings is 1. The summed E-state index contributed by atoms with van der Waals surface area (Å²) in [5.41, 5.74) is 3.74. The number of nitrogens with zero attached hydrogens (tertiary/aromatic N) is 3. The maximum Gasteiger partial charge on any atom is 0.289 e. The van der Waals surface area contributed by atoms with Gasteiger partial charge in [0.15, 0.2) is 11.3 Å². The zero-order valence-electron chi connectivity index (χ0n) is 17.6. The van der Waals surface area contributed by atoms with Crippen molar-refractivity contribution in [3.8, 4) is 0 Å². The summed E-state index contributed by atoms with van der Waals surface area (Å²) in [6.07, 6.45) is 0. The van der Waals surface area contributed by atoms with Crippen molar-refractivity contribution in [3.05, 3.63) is 76.7 Å². The van der Waals surface area contributed by atoms with Gasteiger partial charge in [-0.3, -0.25) is 4.79 Å². The van der Waals surface area contributed by atoms with Crippen molar-refractivity contribution in [1.29, 1.82) is 0 Å². The van der Waals surface area contributed by atoms with Crippen LogP contribution in [0.1, 0.15) is 21.9 Å². The van der Waals surface area contributed by atoms with Crippen molar-refractivity contribution in [2.24, 2.45) is 0 Å². The van der Waals surface area contributed by atoms with Gasteiger partial charge in [-0.15, -0.1) is 0 Å². The monoisotopic (exact) mass is 467 g/mol. The second kappa shape index (κ2) is 8.92. The molecule has 1 aliphatic heterocycles. The summed E-state index contributed by atoms with van der Waals surface area (Å²) >= 11 is 7.76. The number of anilines is 1. The summed E-state index contributed by atoms with van der Waals surface area (Å²) < 4.78 is 11.6. The van der Waals surface area contributed by atoms with Crippen LogP contribution in [-0.2, 0) is 5.75 Å². The summed E-state index contributed by atoms with van der Waals surface area (Å²) in [6, 6.07) is 17.3. The lowest BCUT2D eigenvalue weighted by Gasteiger charge is -2.36. The summed E-state index contributed by atoms with van der Waals surface area (Å²) in [4.78, 5) is 21.5. The highest BCUT2D eigenvalue weighted by atomic mass is 35.5. The van der Waals surface area contributed by atoms with E-state index in [9.17, 15) is 4.79 Å². The molecule has 5 rings (SSSR count). The van der Waals surface area contributed by atoms with Crippen molar-refractivity contribution >= 4 is 46.1 Å². The Balaban J connectivity index is 1.18. The van der Waals surface area contributed by atoms with E-state index >= 15 is 0 Å². The maximum atomic E-state index is 12.9. The number of hydrogen-bond donors (Lipinski definition) is 0. The van der Waals surface area contributed by atoms with E-state index in [4.69, 9.17) is 20.4 Å². The van der Waals surface area contributed by atoms with Crippen LogP contribution in [0.4, 0.5) is 5.69 Å². The third-order valence-electron chi connectivity index (χ3n) is 5.57. The molecule has 2 aromatic heterocycles. The molecule has 1 amide bonds. The van der Waals surface area contributed by atoms with E-state index in [-0.39, 0.29) is 5.91 Å². The fourth-order valence-electron chi connectivity index (χ4n) is 3.85. The summed E-state index contributed by atoms with van der Waals surface area (Å²) in [6.45, 7) is 4.72. The van der Waals surface area contributed by atoms with Gasteiger partial charge < -0.3 is 18.6 Å². The number of benzene rings is 2. The highest BCUT2D eigenvalue weighted by Gasteiger charge is 2.25. The Morgan fingerprint density at radius 1 is 1.03 bits per heavy atom. The molecule has 0 atom stereocenters. The van der Waals surface area contributed by atoms with Crippen LogP contribution < -0.4 is 4.90 Å². The Morgan fingerprint density at radius 3 is 2.62 bits per heavy atom. The molecule has 1 fully saturated rings. The topological polar surface area (TPSA) is 62.7 Å². The van der Waals surface area contributed by atoms with Crippen LogP contribution in [0.15, 0.2) is 68.7 Å². The number of rotatable bonds is 5. The SMILES string of the molecule is Cc1cccc2oc(SCc3ccc(C(=O)N4CCN(c5ccccc5Cl)CC4)o3)nc12. The van der Waals surface area contributed by atoms with E-state index in [0.717, 1.165) is 40.5 Å². The van der Waals surface area contributed by atoms with Crippen LogP contribution in [0.25, 0.3) is 11.1 Å². The Kier molecular flexibility index (Phi) is 5.85. The van der Waals surface area contributed by atoms with Gasteiger partial charge in [0.1, 0.15) is 11.3 Å². The largest absolute Gasteiger partial charge is 0.455 e. The Labute approximate surface area is 195 Å². The Hall–Kier alpha value is -2.90. The van der Waals surface area contributed by atoms with Crippen LogP contribution in [0.5, 0.6) is 0 Å². The van der Waals surface area contributed by atoms with Crippen LogP contribution in [0.2, 0.25) is 5.02 Å². The predicted molar refractivity (Wildman–Crippen MR) is 127 cm³/mol. The normalized spacial score (nSPS) is 14.3. The Morgan fingerprint density at radius 2 is 1.84 bits per heavy atom. The average Bonchev–Trinajstić information content (AvgIpc) is 3.45. The number of oxazole rings is 1. The van der Waals surface area contributed by atoms with Gasteiger partial charge in [-0.1, -0.05) is 47.6 Å². The number of aromatic nitrogens is 1. The second-order valence-corrected chi connectivity index (χ2v) is 9.02. The molecule has 0 unspecified atom stereocenters. The molecular formula is C24H22ClN3O3S. The smallest absolute Gasteiger partial charge is 0.289 e. The van der Waals surface area contributed by atoms with Gasteiger partial charge in [0.05, 0.1) is 16.5 Å². The van der Waals surface area contributed by atoms with Crippen molar-refractivity contribution in [1.82, 2.24) is 9.88 Å². The highest BCUT2D eigenvalue weighted by molar-refractivity contribution is 7.98. The molecule has 0 bridgehead atoms. The number of piperazine rings is 1. The van der Waals surface area contributed by atoms with Crippen molar-refractivity contribution in [2.75, 3.05) is 31.1 Å². The van der Waals surface area contributed by atoms with Crippen LogP contribution in [-0.4, -0.2) is 42.0 Å². The zero-order valence-corrected chi connectivity index (χ0v) is 19.2. The third kappa shape index (κ3) is 4.23. The third-order valence-corrected chi connectivity index (χ3v) is 6.74. The van der Waals surface area contributed by atoms with Gasteiger partial charge in [-0.25, -0.2) is 4.98 Å². The number of carbonyl (C=O) groups is 1. The second-order valence-electron chi connectivity index (χ2n) is 7.69. The lowest BCUT2D eigenvalue weighted by molar-refractivity contribution is 0.0713. The quantitative estimate of drug-likeness (QED) is 0.354. The fraction of sp³-hybridized carbons (Fsp3) is 0.250. The fourth-order valence-corrected chi connectivity index (χ4v) is 4.83. The number of thioether (sulfide) groups is 1. The summed E-state index contributed by atoms with van der Waals surface area (Å²) in [5.74, 6) is 1.53. The molecule has 8 heteroatoms. The lowest BCUT2D eigenvalue weighted by Crippen LogP contribution is -2.48. The standard InChI is InChI=1S/C24H22ClN3O3S/c1-16-5-4-8-20-22(16)26-24(31-20)32-15-17-9-10-21(30-17)23(29)28-13-11-27(12-14-28)19-7-3-2-6-18(19)25/h2-10H,11-15H2,1H3. The van der Waals surface area contributed by atoms with Gasteiger partial charge in [0.25, 0.3) is 11.1 Å². The number of fused-ring (bicyclic) bond motifs is 1. The first-order valence-corrected chi connectivity index (χ1v) is 11.8. The number of hydrogen-bond acceptors (Lipinski definition) is 6. The average molecular weight is 468 g/mol. The molecule has 0 spiro atoms. The minimum atomic E-state index is -0.0856. The lowest BCUT2D eigenvalue weighted by atomic mass is 10.2. The van der Waals surface area contributed by atoms with Gasteiger partial charge >= 0.3 is 0 Å². The molecule has 2 aromatic carbocycles. The molecule has 0 aliphatic carbocycles. The van der Waals surface area contributed by atoms with Gasteiger partial charge in [0, 0.05) is 26.2 Å². The molecule has 164 valence electrons. The van der Waals surface area contributed by atoms with E-state index in [1.165, 1.54) is 11.8 Å². The molecular weight excluding hydrogens is 446 g/mol. The van der Waals surface area contributed by atoms with Crippen LogP contribution in [0, 0.1) is 6.92 Å². The molecule has 1 aliphatic rings. The molecule has 0 saturated carbocycles. The van der Waals surface area contributed by atoms with E-state index in [2.05, 4.69) is 9.88 Å². The van der Waals surface area contributed by atoms with Crippen molar-refractivity contribution < 1.29 is 13.6 Å². The van der Waals surface area contributed by atoms with E-state index in [1.54, 1.807) is 6.07 Å². The minimum Gasteiger partial charge on any atom is -0.455 e. The minimum absolute atomic E-state index is 0.0856. The van der Waals surface area contributed by atoms with E-state index in [1.807, 2.05) is 60.4 Å². The molecule has 3 heterocycles. The molecule has 0 radical (unpaired) electrons. The van der Waals surface area contributed by atoms with Gasteiger partial charge in [0.2, 0.25) is 0 Å². The van der Waals surface area contributed by atoms with Crippen molar-refractivity contribution in [3.63, 3.8) is 0 Å². The molecule has 1 saturated heterocycles. The van der Waals surface area contributed by atoms with E-state index in [0.29, 0.717) is 35.6 Å². The number of carbonyl (C=O) groups excluding carboxylic acids is 1. The van der Waals surface area contributed by atoms with Crippen LogP contribution in [0.3, 0.4) is 0 Å². The predicted octanol–water partition coefficient (Wildman–Crippen LogP) is 5.64. The summed E-state index contributed by atoms with van der Waals surface area (Å²) in [7, 11) is 0. The molecule has 4 aromatic rings. The maximum absolute atomic E-state index is 12.9. The first-order valence-electron chi connectivity index (χ1n) is 10.4. The van der Waals surface area contributed by atoms with Gasteiger partial charge in [-0.05, 0) is 42.8 Å². The number of amides is 1. The highest BCUT2D eigenvalue weighted by Crippen LogP contribution is 2.29. The van der Waals surface area contributed by atoms with Crippen molar-refractivity contribution in [2.45, 2.75) is 17.9 Å². The zero-order chi connectivity index (χ0) is 22.1. The molecule has 0 N–H and O–H groups in total. The van der Waals surface area contributed by atoms with Crippen LogP contribution >= 0.6 is 23.4 Å². The van der Waals surface area contributed by atoms with E-state index < -0.39 is 0 Å². The number of aryl methyl sites for hydroxylation is 1. The first kappa shape index (κ1) is 21.0. The molecule has 32 heavy (non-hydrogen) atoms. The first-order chi connectivity index (χ1) is 15.6. The Bertz CT molecular complexity index is 1260. The van der Waals surface area contributed by atoms with Gasteiger partial charge in [-0.2, -0.15) is 0 Å².